The van der Waals surface area contributed by atoms with E-state index in [0.29, 0.717) is 0 Å². The van der Waals surface area contributed by atoms with Gasteiger partial charge < -0.3 is 22.4 Å². The average Bonchev–Trinajstić information content (AvgIpc) is 2.79. The highest BCUT2D eigenvalue weighted by Crippen LogP contribution is 2.13. The Morgan fingerprint density at radius 2 is 1.23 bits per heavy atom. The Kier molecular flexibility index (Phi) is 31.5. The zero-order chi connectivity index (χ0) is 11.1. The molecule has 1 aliphatic carbocycles. The van der Waals surface area contributed by atoms with Crippen LogP contribution in [-0.4, -0.2) is 32.1 Å². The van der Waals surface area contributed by atoms with Gasteiger partial charge >= 0.3 is 0 Å². The zero-order valence-corrected chi connectivity index (χ0v) is 8.95. The van der Waals surface area contributed by atoms with Crippen molar-refractivity contribution in [2.45, 2.75) is 25.7 Å². The molecular weight excluding hydrogens is 168 g/mol. The summed E-state index contributed by atoms with van der Waals surface area (Å²) in [5.74, 6) is 0. The Morgan fingerprint density at radius 1 is 0.923 bits per heavy atom. The van der Waals surface area contributed by atoms with Crippen molar-refractivity contribution in [3.05, 3.63) is 0 Å². The summed E-state index contributed by atoms with van der Waals surface area (Å²) in [5.41, 5.74) is 14.5. The van der Waals surface area contributed by atoms with Gasteiger partial charge in [0.1, 0.15) is 0 Å². The molecule has 0 heterocycles. The van der Waals surface area contributed by atoms with Crippen LogP contribution < -0.4 is 17.2 Å². The van der Waals surface area contributed by atoms with Gasteiger partial charge in [0.25, 0.3) is 0 Å². The van der Waals surface area contributed by atoms with Crippen molar-refractivity contribution in [1.29, 1.82) is 0 Å². The van der Waals surface area contributed by atoms with Crippen LogP contribution in [-0.2, 0) is 0 Å². The van der Waals surface area contributed by atoms with E-state index in [2.05, 4.69) is 22.4 Å². The molecule has 5 nitrogen and oxygen atoms in total. The van der Waals surface area contributed by atoms with Gasteiger partial charge in [0.15, 0.2) is 0 Å². The molecule has 1 rings (SSSR count). The monoisotopic (exact) mass is 192 g/mol. The number of hydrogen-bond acceptors (Lipinski definition) is 5. The maximum absolute atomic E-state index is 8.15. The molecule has 0 aliphatic heterocycles. The third kappa shape index (κ3) is 14.2. The SMILES string of the molecule is CN.CN.CN.ON=C1CCCC1. The van der Waals surface area contributed by atoms with Gasteiger partial charge in [0, 0.05) is 0 Å². The van der Waals surface area contributed by atoms with Gasteiger partial charge in [-0.3, -0.25) is 0 Å². The van der Waals surface area contributed by atoms with E-state index < -0.39 is 0 Å². The number of nitrogens with zero attached hydrogens (tertiary/aromatic N) is 1. The van der Waals surface area contributed by atoms with Gasteiger partial charge in [-0.2, -0.15) is 0 Å². The second-order valence-electron chi connectivity index (χ2n) is 1.87. The summed E-state index contributed by atoms with van der Waals surface area (Å²) in [4.78, 5) is 0. The van der Waals surface area contributed by atoms with Gasteiger partial charge in [0.05, 0.1) is 5.71 Å². The molecule has 0 saturated heterocycles. The average molecular weight is 192 g/mol. The summed E-state index contributed by atoms with van der Waals surface area (Å²) in [7, 11) is 4.50. The van der Waals surface area contributed by atoms with Crippen LogP contribution in [0.4, 0.5) is 0 Å². The highest BCUT2D eigenvalue weighted by atomic mass is 16.4. The van der Waals surface area contributed by atoms with Crippen LogP contribution in [0.15, 0.2) is 5.16 Å². The van der Waals surface area contributed by atoms with Gasteiger partial charge in [0.2, 0.25) is 0 Å². The standard InChI is InChI=1S/C5H9NO.3CH5N/c7-6-5-3-1-2-4-5;3*1-2/h7H,1-4H2;3*2H2,1H3. The Bertz CT molecular complexity index is 88.1. The quantitative estimate of drug-likeness (QED) is 0.322. The summed E-state index contributed by atoms with van der Waals surface area (Å²) < 4.78 is 0. The molecular formula is C8H24N4O. The summed E-state index contributed by atoms with van der Waals surface area (Å²) in [6.45, 7) is 0. The van der Waals surface area contributed by atoms with Crippen LogP contribution in [0.2, 0.25) is 0 Å². The lowest BCUT2D eigenvalue weighted by Crippen LogP contribution is -1.85. The van der Waals surface area contributed by atoms with Gasteiger partial charge in [-0.15, -0.1) is 0 Å². The molecule has 5 heteroatoms. The van der Waals surface area contributed by atoms with Crippen LogP contribution in [0.5, 0.6) is 0 Å². The predicted octanol–water partition coefficient (Wildman–Crippen LogP) is 0.115. The first kappa shape index (κ1) is 18.2. The molecule has 1 aliphatic rings. The molecule has 0 aromatic carbocycles. The predicted molar refractivity (Wildman–Crippen MR) is 58.0 cm³/mol. The molecule has 13 heavy (non-hydrogen) atoms. The number of oxime groups is 1. The van der Waals surface area contributed by atoms with Crippen molar-refractivity contribution in [3.8, 4) is 0 Å². The lowest BCUT2D eigenvalue weighted by atomic mass is 10.3. The summed E-state index contributed by atoms with van der Waals surface area (Å²) >= 11 is 0. The minimum atomic E-state index is 0.972. The largest absolute Gasteiger partial charge is 0.411 e. The van der Waals surface area contributed by atoms with Crippen LogP contribution in [0.25, 0.3) is 0 Å². The first-order chi connectivity index (χ1) is 6.43. The highest BCUT2D eigenvalue weighted by Gasteiger charge is 2.06. The van der Waals surface area contributed by atoms with Crippen LogP contribution >= 0.6 is 0 Å². The maximum atomic E-state index is 8.15. The molecule has 0 radical (unpaired) electrons. The number of rotatable bonds is 0. The summed E-state index contributed by atoms with van der Waals surface area (Å²) in [6, 6.07) is 0. The first-order valence-corrected chi connectivity index (χ1v) is 4.36. The molecule has 0 bridgehead atoms. The normalized spacial score (nSPS) is 12.3. The third-order valence-electron chi connectivity index (χ3n) is 1.32. The van der Waals surface area contributed by atoms with Crippen molar-refractivity contribution < 1.29 is 5.21 Å². The van der Waals surface area contributed by atoms with E-state index in [0.717, 1.165) is 18.6 Å². The molecule has 0 amide bonds. The fourth-order valence-electron chi connectivity index (χ4n) is 0.883. The van der Waals surface area contributed by atoms with E-state index in [-0.39, 0.29) is 0 Å². The minimum Gasteiger partial charge on any atom is -0.411 e. The van der Waals surface area contributed by atoms with Crippen LogP contribution in [0.1, 0.15) is 25.7 Å². The van der Waals surface area contributed by atoms with E-state index in [1.54, 1.807) is 0 Å². The van der Waals surface area contributed by atoms with Crippen molar-refractivity contribution >= 4 is 5.71 Å². The molecule has 1 fully saturated rings. The lowest BCUT2D eigenvalue weighted by Gasteiger charge is -1.82. The van der Waals surface area contributed by atoms with Gasteiger partial charge in [-0.25, -0.2) is 0 Å². The Balaban J connectivity index is -0.000000144. The fraction of sp³-hybridized carbons (Fsp3) is 0.875. The number of hydrogen-bond donors (Lipinski definition) is 4. The molecule has 0 spiro atoms. The van der Waals surface area contributed by atoms with E-state index in [1.807, 2.05) is 0 Å². The zero-order valence-electron chi connectivity index (χ0n) is 8.95. The van der Waals surface area contributed by atoms with Crippen molar-refractivity contribution in [1.82, 2.24) is 0 Å². The van der Waals surface area contributed by atoms with E-state index >= 15 is 0 Å². The van der Waals surface area contributed by atoms with E-state index in [1.165, 1.54) is 34.0 Å². The van der Waals surface area contributed by atoms with Crippen molar-refractivity contribution in [2.75, 3.05) is 21.1 Å². The Morgan fingerprint density at radius 3 is 1.38 bits per heavy atom. The fourth-order valence-corrected chi connectivity index (χ4v) is 0.883. The Labute approximate surface area is 81.0 Å². The molecule has 82 valence electrons. The molecule has 0 unspecified atom stereocenters. The Hall–Kier alpha value is -0.650. The lowest BCUT2D eigenvalue weighted by molar-refractivity contribution is 0.317. The van der Waals surface area contributed by atoms with Crippen molar-refractivity contribution in [2.24, 2.45) is 22.4 Å². The van der Waals surface area contributed by atoms with E-state index in [9.17, 15) is 0 Å². The number of nitrogens with two attached hydrogens (primary N) is 3. The van der Waals surface area contributed by atoms with Crippen LogP contribution in [0.3, 0.4) is 0 Å². The maximum Gasteiger partial charge on any atom is 0.0570 e. The van der Waals surface area contributed by atoms with Crippen LogP contribution in [0, 0.1) is 0 Å². The molecule has 1 saturated carbocycles. The molecule has 0 aromatic heterocycles. The topological polar surface area (TPSA) is 111 Å². The molecule has 7 N–H and O–H groups in total. The second kappa shape index (κ2) is 22.5. The molecule has 0 aromatic rings. The summed E-state index contributed by atoms with van der Waals surface area (Å²) in [6.07, 6.45) is 4.44. The first-order valence-electron chi connectivity index (χ1n) is 4.36. The second-order valence-corrected chi connectivity index (χ2v) is 1.87. The third-order valence-corrected chi connectivity index (χ3v) is 1.32. The van der Waals surface area contributed by atoms with Gasteiger partial charge in [-0.1, -0.05) is 5.16 Å². The van der Waals surface area contributed by atoms with Gasteiger partial charge in [-0.05, 0) is 46.8 Å². The highest BCUT2D eigenvalue weighted by molar-refractivity contribution is 5.85. The summed E-state index contributed by atoms with van der Waals surface area (Å²) in [5, 5.41) is 11.3. The van der Waals surface area contributed by atoms with E-state index in [4.69, 9.17) is 5.21 Å². The van der Waals surface area contributed by atoms with Crippen molar-refractivity contribution in [3.63, 3.8) is 0 Å². The minimum absolute atomic E-state index is 0.972. The smallest absolute Gasteiger partial charge is 0.0570 e. The molecule has 0 atom stereocenters.